The molecule has 5 nitrogen and oxygen atoms in total. The zero-order chi connectivity index (χ0) is 11.3. The number of hydrogen-bond acceptors (Lipinski definition) is 4. The van der Waals surface area contributed by atoms with Crippen LogP contribution < -0.4 is 11.1 Å². The molecule has 1 amide bonds. The summed E-state index contributed by atoms with van der Waals surface area (Å²) in [6, 6.07) is 0.0700. The van der Waals surface area contributed by atoms with E-state index in [1.807, 2.05) is 6.92 Å². The van der Waals surface area contributed by atoms with Crippen LogP contribution >= 0.6 is 0 Å². The summed E-state index contributed by atoms with van der Waals surface area (Å²) >= 11 is 0. The van der Waals surface area contributed by atoms with Gasteiger partial charge in [-0.2, -0.15) is 0 Å². The first kappa shape index (κ1) is 12.4. The largest absolute Gasteiger partial charge is 0.382 e. The van der Waals surface area contributed by atoms with Gasteiger partial charge in [0, 0.05) is 13.2 Å². The molecular formula is C10H20N2O3. The van der Waals surface area contributed by atoms with Gasteiger partial charge in [0.1, 0.15) is 6.04 Å². The molecule has 15 heavy (non-hydrogen) atoms. The quantitative estimate of drug-likeness (QED) is 0.581. The predicted molar refractivity (Wildman–Crippen MR) is 56.4 cm³/mol. The molecule has 0 aromatic heterocycles. The molecule has 2 unspecified atom stereocenters. The molecule has 0 bridgehead atoms. The van der Waals surface area contributed by atoms with E-state index in [0.717, 1.165) is 12.8 Å². The molecule has 0 aromatic rings. The molecule has 0 spiro atoms. The molecule has 2 atom stereocenters. The smallest absolute Gasteiger partial charge is 0.236 e. The first-order valence-corrected chi connectivity index (χ1v) is 5.29. The number of methoxy groups -OCH3 is 1. The van der Waals surface area contributed by atoms with Gasteiger partial charge in [-0.15, -0.1) is 0 Å². The highest BCUT2D eigenvalue weighted by atomic mass is 16.5. The number of carbonyl (C=O) groups excluding carboxylic acids is 1. The second-order valence-corrected chi connectivity index (χ2v) is 4.00. The van der Waals surface area contributed by atoms with Gasteiger partial charge in [0.15, 0.2) is 0 Å². The average Bonchev–Trinajstić information content (AvgIpc) is 2.95. The SMILES string of the molecule is COCC(C)OCC(NC1CC1)C(N)=O. The second kappa shape index (κ2) is 6.05. The number of hydrogen-bond donors (Lipinski definition) is 2. The molecule has 0 aliphatic heterocycles. The van der Waals surface area contributed by atoms with Gasteiger partial charge in [0.05, 0.1) is 19.3 Å². The summed E-state index contributed by atoms with van der Waals surface area (Å²) in [5.74, 6) is -0.355. The van der Waals surface area contributed by atoms with Crippen molar-refractivity contribution < 1.29 is 14.3 Å². The minimum Gasteiger partial charge on any atom is -0.382 e. The fourth-order valence-corrected chi connectivity index (χ4v) is 1.29. The molecular weight excluding hydrogens is 196 g/mol. The topological polar surface area (TPSA) is 73.6 Å². The van der Waals surface area contributed by atoms with Crippen molar-refractivity contribution in [2.24, 2.45) is 5.73 Å². The third-order valence-electron chi connectivity index (χ3n) is 2.31. The van der Waals surface area contributed by atoms with Crippen LogP contribution in [0.2, 0.25) is 0 Å². The molecule has 1 rings (SSSR count). The van der Waals surface area contributed by atoms with Crippen LogP contribution in [-0.4, -0.2) is 44.4 Å². The Bertz CT molecular complexity index is 207. The van der Waals surface area contributed by atoms with E-state index < -0.39 is 0 Å². The minimum absolute atomic E-state index is 0.0159. The van der Waals surface area contributed by atoms with Crippen molar-refractivity contribution in [3.05, 3.63) is 0 Å². The van der Waals surface area contributed by atoms with Crippen molar-refractivity contribution in [3.8, 4) is 0 Å². The lowest BCUT2D eigenvalue weighted by atomic mass is 10.3. The van der Waals surface area contributed by atoms with E-state index in [-0.39, 0.29) is 18.1 Å². The van der Waals surface area contributed by atoms with Crippen LogP contribution in [0.3, 0.4) is 0 Å². The molecule has 1 aliphatic rings. The maximum atomic E-state index is 11.1. The molecule has 0 saturated heterocycles. The zero-order valence-electron chi connectivity index (χ0n) is 9.36. The van der Waals surface area contributed by atoms with Crippen LogP contribution in [0.4, 0.5) is 0 Å². The number of nitrogens with two attached hydrogens (primary N) is 1. The summed E-state index contributed by atoms with van der Waals surface area (Å²) in [4.78, 5) is 11.1. The Morgan fingerprint density at radius 3 is 2.67 bits per heavy atom. The molecule has 1 fully saturated rings. The van der Waals surface area contributed by atoms with Crippen LogP contribution in [0.5, 0.6) is 0 Å². The minimum atomic E-state index is -0.378. The highest BCUT2D eigenvalue weighted by molar-refractivity contribution is 5.80. The number of nitrogens with one attached hydrogen (secondary N) is 1. The molecule has 1 aliphatic carbocycles. The van der Waals surface area contributed by atoms with Crippen molar-refractivity contribution in [1.29, 1.82) is 0 Å². The lowest BCUT2D eigenvalue weighted by molar-refractivity contribution is -0.122. The monoisotopic (exact) mass is 216 g/mol. The van der Waals surface area contributed by atoms with E-state index in [2.05, 4.69) is 5.32 Å². The maximum absolute atomic E-state index is 11.1. The van der Waals surface area contributed by atoms with Crippen LogP contribution in [0.25, 0.3) is 0 Å². The summed E-state index contributed by atoms with van der Waals surface area (Å²) in [5, 5.41) is 3.15. The Labute approximate surface area is 90.3 Å². The molecule has 0 aromatic carbocycles. The van der Waals surface area contributed by atoms with Crippen LogP contribution in [-0.2, 0) is 14.3 Å². The summed E-state index contributed by atoms with van der Waals surface area (Å²) in [5.41, 5.74) is 5.26. The van der Waals surface area contributed by atoms with E-state index in [1.165, 1.54) is 0 Å². The lowest BCUT2D eigenvalue weighted by Gasteiger charge is -2.18. The third kappa shape index (κ3) is 5.11. The van der Waals surface area contributed by atoms with Gasteiger partial charge >= 0.3 is 0 Å². The van der Waals surface area contributed by atoms with Gasteiger partial charge in [0.2, 0.25) is 5.91 Å². The number of primary amides is 1. The number of ether oxygens (including phenoxy) is 2. The van der Waals surface area contributed by atoms with Crippen LogP contribution in [0, 0.1) is 0 Å². The number of amides is 1. The maximum Gasteiger partial charge on any atom is 0.236 e. The fourth-order valence-electron chi connectivity index (χ4n) is 1.29. The van der Waals surface area contributed by atoms with Crippen LogP contribution in [0.1, 0.15) is 19.8 Å². The second-order valence-electron chi connectivity index (χ2n) is 4.00. The molecule has 0 radical (unpaired) electrons. The Morgan fingerprint density at radius 2 is 2.20 bits per heavy atom. The van der Waals surface area contributed by atoms with Gasteiger partial charge in [-0.1, -0.05) is 0 Å². The van der Waals surface area contributed by atoms with Crippen molar-refractivity contribution in [1.82, 2.24) is 5.32 Å². The molecule has 1 saturated carbocycles. The van der Waals surface area contributed by atoms with Gasteiger partial charge in [-0.05, 0) is 19.8 Å². The Morgan fingerprint density at radius 1 is 1.53 bits per heavy atom. The highest BCUT2D eigenvalue weighted by Gasteiger charge is 2.27. The summed E-state index contributed by atoms with van der Waals surface area (Å²) < 4.78 is 10.4. The molecule has 3 N–H and O–H groups in total. The zero-order valence-corrected chi connectivity index (χ0v) is 9.36. The molecule has 5 heteroatoms. The van der Waals surface area contributed by atoms with Gasteiger partial charge < -0.3 is 20.5 Å². The van der Waals surface area contributed by atoms with E-state index in [1.54, 1.807) is 7.11 Å². The third-order valence-corrected chi connectivity index (χ3v) is 2.31. The van der Waals surface area contributed by atoms with Crippen LogP contribution in [0.15, 0.2) is 0 Å². The van der Waals surface area contributed by atoms with Crippen molar-refractivity contribution in [3.63, 3.8) is 0 Å². The Kier molecular flexibility index (Phi) is 5.01. The fraction of sp³-hybridized carbons (Fsp3) is 0.900. The summed E-state index contributed by atoms with van der Waals surface area (Å²) in [6.07, 6.45) is 2.23. The lowest BCUT2D eigenvalue weighted by Crippen LogP contribution is -2.46. The van der Waals surface area contributed by atoms with Gasteiger partial charge in [-0.25, -0.2) is 0 Å². The van der Waals surface area contributed by atoms with Crippen molar-refractivity contribution >= 4 is 5.91 Å². The first-order chi connectivity index (χ1) is 7.13. The normalized spacial score (nSPS) is 19.9. The van der Waals surface area contributed by atoms with Crippen molar-refractivity contribution in [2.75, 3.05) is 20.3 Å². The molecule has 0 heterocycles. The van der Waals surface area contributed by atoms with Gasteiger partial charge in [-0.3, -0.25) is 4.79 Å². The van der Waals surface area contributed by atoms with E-state index in [4.69, 9.17) is 15.2 Å². The number of rotatable bonds is 8. The van der Waals surface area contributed by atoms with E-state index >= 15 is 0 Å². The van der Waals surface area contributed by atoms with Crippen molar-refractivity contribution in [2.45, 2.75) is 38.0 Å². The van der Waals surface area contributed by atoms with E-state index in [9.17, 15) is 4.79 Å². The first-order valence-electron chi connectivity index (χ1n) is 5.29. The highest BCUT2D eigenvalue weighted by Crippen LogP contribution is 2.19. The standard InChI is InChI=1S/C10H20N2O3/c1-7(5-14-2)15-6-9(10(11)13)12-8-3-4-8/h7-9,12H,3-6H2,1-2H3,(H2,11,13). The number of carbonyl (C=O) groups is 1. The Hall–Kier alpha value is -0.650. The van der Waals surface area contributed by atoms with Gasteiger partial charge in [0.25, 0.3) is 0 Å². The predicted octanol–water partition coefficient (Wildman–Crippen LogP) is -0.356. The van der Waals surface area contributed by atoms with E-state index in [0.29, 0.717) is 19.3 Å². The summed E-state index contributed by atoms with van der Waals surface area (Å²) in [6.45, 7) is 2.74. The summed E-state index contributed by atoms with van der Waals surface area (Å²) in [7, 11) is 1.62. The average molecular weight is 216 g/mol. The molecule has 88 valence electrons. The Balaban J connectivity index is 2.21.